The largest absolute Gasteiger partial charge is 0.466 e. The number of hydrogen-bond donors (Lipinski definition) is 2. The number of esters is 1. The van der Waals surface area contributed by atoms with E-state index in [9.17, 15) is 14.3 Å². The number of carbonyl (C=O) groups is 1. The minimum Gasteiger partial charge on any atom is -0.466 e. The molecular formula is C21H25FN2O3. The highest BCUT2D eigenvalue weighted by Gasteiger charge is 2.69. The molecule has 0 bridgehead atoms. The summed E-state index contributed by atoms with van der Waals surface area (Å²) in [5, 5.41) is 14.5. The molecule has 0 amide bonds. The van der Waals surface area contributed by atoms with Crippen molar-refractivity contribution in [2.24, 2.45) is 5.41 Å². The van der Waals surface area contributed by atoms with E-state index in [2.05, 4.69) is 16.3 Å². The fraction of sp³-hybridized carbons (Fsp3) is 0.571. The molecule has 1 spiro atoms. The molecule has 6 heteroatoms. The molecule has 0 radical (unpaired) electrons. The van der Waals surface area contributed by atoms with Crippen LogP contribution in [-0.4, -0.2) is 54.5 Å². The molecule has 144 valence electrons. The smallest absolute Gasteiger partial charge is 0.335 e. The first kappa shape index (κ1) is 17.2. The molecule has 0 aromatic heterocycles. The topological polar surface area (TPSA) is 61.8 Å². The molecule has 5 rings (SSSR count). The van der Waals surface area contributed by atoms with Gasteiger partial charge < -0.3 is 15.2 Å². The standard InChI is InChI=1S/C21H25FN2O3/c1-3-20-10-12(18(26)27-2)16-21(13-6-4-5-7-15(13)23-16)8-9-24(19(20)21)11-14(22)17(20)25/h4-7,14,17,19,23,25H,3,8-11H2,1-2H3/t14-,17+,19-,20+,21-/m0/s1. The Balaban J connectivity index is 1.82. The van der Waals surface area contributed by atoms with Crippen LogP contribution in [0.5, 0.6) is 0 Å². The highest BCUT2D eigenvalue weighted by atomic mass is 19.1. The number of carbonyl (C=O) groups excluding carboxylic acids is 1. The first-order valence-corrected chi connectivity index (χ1v) is 9.74. The van der Waals surface area contributed by atoms with Crippen LogP contribution in [0.4, 0.5) is 10.1 Å². The predicted molar refractivity (Wildman–Crippen MR) is 99.0 cm³/mol. The highest BCUT2D eigenvalue weighted by molar-refractivity contribution is 5.93. The van der Waals surface area contributed by atoms with E-state index < -0.39 is 23.1 Å². The lowest BCUT2D eigenvalue weighted by Gasteiger charge is -2.58. The van der Waals surface area contributed by atoms with Crippen LogP contribution in [0.25, 0.3) is 0 Å². The summed E-state index contributed by atoms with van der Waals surface area (Å²) in [6, 6.07) is 8.09. The van der Waals surface area contributed by atoms with Gasteiger partial charge in [0.15, 0.2) is 0 Å². The maximum absolute atomic E-state index is 14.8. The van der Waals surface area contributed by atoms with Crippen molar-refractivity contribution in [3.05, 3.63) is 41.1 Å². The van der Waals surface area contributed by atoms with Crippen molar-refractivity contribution in [1.29, 1.82) is 0 Å². The Labute approximate surface area is 158 Å². The van der Waals surface area contributed by atoms with E-state index >= 15 is 0 Å². The Bertz CT molecular complexity index is 856. The normalized spacial score (nSPS) is 39.5. The summed E-state index contributed by atoms with van der Waals surface area (Å²) in [6.45, 7) is 3.01. The number of fused-ring (bicyclic) bond motifs is 1. The molecule has 5 nitrogen and oxygen atoms in total. The average Bonchev–Trinajstić information content (AvgIpc) is 3.24. The third-order valence-corrected chi connectivity index (χ3v) is 7.52. The van der Waals surface area contributed by atoms with Crippen LogP contribution in [0, 0.1) is 5.41 Å². The van der Waals surface area contributed by atoms with Gasteiger partial charge in [-0.3, -0.25) is 4.90 Å². The molecule has 1 aliphatic carbocycles. The van der Waals surface area contributed by atoms with Gasteiger partial charge in [0.05, 0.1) is 24.2 Å². The summed E-state index contributed by atoms with van der Waals surface area (Å²) < 4.78 is 19.9. The van der Waals surface area contributed by atoms with E-state index in [4.69, 9.17) is 4.74 Å². The quantitative estimate of drug-likeness (QED) is 0.781. The van der Waals surface area contributed by atoms with E-state index in [-0.39, 0.29) is 18.6 Å². The SMILES string of the molecule is CC[C@@]12CC(C(=O)OC)=C3Nc4ccccc4[C@@]34CCN(C[C@H](F)[C@H]1O)[C@@H]24. The monoisotopic (exact) mass is 372 g/mol. The minimum absolute atomic E-state index is 0.0310. The molecule has 5 atom stereocenters. The lowest BCUT2D eigenvalue weighted by atomic mass is 9.52. The van der Waals surface area contributed by atoms with E-state index in [1.807, 2.05) is 25.1 Å². The average molecular weight is 372 g/mol. The number of benzene rings is 1. The number of para-hydroxylation sites is 1. The Morgan fingerprint density at radius 2 is 2.22 bits per heavy atom. The van der Waals surface area contributed by atoms with Crippen molar-refractivity contribution >= 4 is 11.7 Å². The summed E-state index contributed by atoms with van der Waals surface area (Å²) in [4.78, 5) is 15.0. The maximum Gasteiger partial charge on any atom is 0.335 e. The maximum atomic E-state index is 14.8. The van der Waals surface area contributed by atoms with Gasteiger partial charge in [0.25, 0.3) is 0 Å². The van der Waals surface area contributed by atoms with Crippen LogP contribution in [-0.2, 0) is 14.9 Å². The van der Waals surface area contributed by atoms with Gasteiger partial charge in [0, 0.05) is 29.4 Å². The fourth-order valence-electron chi connectivity index (χ4n) is 6.49. The Morgan fingerprint density at radius 1 is 1.44 bits per heavy atom. The number of anilines is 1. The van der Waals surface area contributed by atoms with Gasteiger partial charge in [-0.05, 0) is 37.4 Å². The fourth-order valence-corrected chi connectivity index (χ4v) is 6.49. The lowest BCUT2D eigenvalue weighted by Crippen LogP contribution is -2.68. The second-order valence-corrected chi connectivity index (χ2v) is 8.36. The number of nitrogens with zero attached hydrogens (tertiary/aromatic N) is 1. The molecule has 27 heavy (non-hydrogen) atoms. The number of aliphatic hydroxyl groups excluding tert-OH is 1. The second-order valence-electron chi connectivity index (χ2n) is 8.36. The van der Waals surface area contributed by atoms with E-state index in [0.29, 0.717) is 18.4 Å². The van der Waals surface area contributed by atoms with Crippen LogP contribution in [0.1, 0.15) is 31.7 Å². The third-order valence-electron chi connectivity index (χ3n) is 7.52. The summed E-state index contributed by atoms with van der Waals surface area (Å²) in [7, 11) is 1.38. The Hall–Kier alpha value is -1.92. The predicted octanol–water partition coefficient (Wildman–Crippen LogP) is 2.36. The van der Waals surface area contributed by atoms with Crippen molar-refractivity contribution in [2.45, 2.75) is 49.9 Å². The zero-order valence-corrected chi connectivity index (χ0v) is 15.7. The summed E-state index contributed by atoms with van der Waals surface area (Å²) >= 11 is 0. The molecule has 4 aliphatic rings. The number of nitrogens with one attached hydrogen (secondary N) is 1. The van der Waals surface area contributed by atoms with Crippen LogP contribution in [0.2, 0.25) is 0 Å². The molecule has 1 aromatic rings. The number of halogens is 1. The Morgan fingerprint density at radius 3 is 2.96 bits per heavy atom. The molecule has 3 aliphatic heterocycles. The molecule has 2 N–H and O–H groups in total. The van der Waals surface area contributed by atoms with Gasteiger partial charge in [-0.25, -0.2) is 9.18 Å². The highest BCUT2D eigenvalue weighted by Crippen LogP contribution is 2.65. The molecule has 0 saturated carbocycles. The van der Waals surface area contributed by atoms with Crippen LogP contribution in [0.15, 0.2) is 35.5 Å². The van der Waals surface area contributed by atoms with Crippen molar-refractivity contribution < 1.29 is 19.0 Å². The van der Waals surface area contributed by atoms with Crippen molar-refractivity contribution in [3.8, 4) is 0 Å². The molecule has 3 heterocycles. The van der Waals surface area contributed by atoms with Crippen molar-refractivity contribution in [3.63, 3.8) is 0 Å². The summed E-state index contributed by atoms with van der Waals surface area (Å²) in [5.74, 6) is -0.386. The number of alkyl halides is 1. The van der Waals surface area contributed by atoms with Crippen LogP contribution in [0.3, 0.4) is 0 Å². The van der Waals surface area contributed by atoms with Crippen molar-refractivity contribution in [2.75, 3.05) is 25.5 Å². The van der Waals surface area contributed by atoms with Crippen molar-refractivity contribution in [1.82, 2.24) is 4.90 Å². The zero-order chi connectivity index (χ0) is 19.0. The number of piperidine rings is 1. The minimum atomic E-state index is -1.30. The molecule has 2 fully saturated rings. The van der Waals surface area contributed by atoms with Gasteiger partial charge in [0.1, 0.15) is 6.17 Å². The number of rotatable bonds is 2. The number of methoxy groups -OCH3 is 1. The van der Waals surface area contributed by atoms with Gasteiger partial charge in [0.2, 0.25) is 0 Å². The molecule has 2 saturated heterocycles. The summed E-state index contributed by atoms with van der Waals surface area (Å²) in [6.07, 6.45) is -0.655. The van der Waals surface area contributed by atoms with Crippen LogP contribution >= 0.6 is 0 Å². The van der Waals surface area contributed by atoms with Gasteiger partial charge in [-0.15, -0.1) is 0 Å². The second kappa shape index (κ2) is 5.55. The van der Waals surface area contributed by atoms with E-state index in [1.165, 1.54) is 7.11 Å². The lowest BCUT2D eigenvalue weighted by molar-refractivity contribution is -0.146. The van der Waals surface area contributed by atoms with Gasteiger partial charge in [-0.2, -0.15) is 0 Å². The summed E-state index contributed by atoms with van der Waals surface area (Å²) in [5.41, 5.74) is 2.48. The molecular weight excluding hydrogens is 347 g/mol. The van der Waals surface area contributed by atoms with Gasteiger partial charge >= 0.3 is 5.97 Å². The number of ether oxygens (including phenoxy) is 1. The third kappa shape index (κ3) is 1.88. The van der Waals surface area contributed by atoms with Gasteiger partial charge in [-0.1, -0.05) is 25.1 Å². The van der Waals surface area contributed by atoms with E-state index in [0.717, 1.165) is 29.9 Å². The number of aliphatic hydroxyl groups is 1. The molecule has 1 aromatic carbocycles. The zero-order valence-electron chi connectivity index (χ0n) is 15.7. The first-order valence-electron chi connectivity index (χ1n) is 9.74. The Kier molecular flexibility index (Phi) is 3.53. The van der Waals surface area contributed by atoms with E-state index in [1.54, 1.807) is 0 Å². The first-order chi connectivity index (χ1) is 13.0. The van der Waals surface area contributed by atoms with Crippen LogP contribution < -0.4 is 5.32 Å². The molecule has 0 unspecified atom stereocenters. The number of hydrogen-bond acceptors (Lipinski definition) is 5.